The molecule has 1 aromatic carbocycles. The van der Waals surface area contributed by atoms with E-state index in [2.05, 4.69) is 16.6 Å². The number of unbranched alkanes of at least 4 members (excludes halogenated alkanes) is 7. The van der Waals surface area contributed by atoms with Gasteiger partial charge >= 0.3 is 5.69 Å². The summed E-state index contributed by atoms with van der Waals surface area (Å²) < 4.78 is 31.0. The van der Waals surface area contributed by atoms with Gasteiger partial charge < -0.3 is 0 Å². The maximum Gasteiger partial charge on any atom is 0.354 e. The van der Waals surface area contributed by atoms with Gasteiger partial charge in [-0.05, 0) is 45.1 Å². The van der Waals surface area contributed by atoms with Crippen LogP contribution in [0.15, 0.2) is 38.2 Å². The number of rotatable bonds is 13. The van der Waals surface area contributed by atoms with Crippen molar-refractivity contribution in [2.45, 2.75) is 88.2 Å². The zero-order chi connectivity index (χ0) is 24.7. The highest BCUT2D eigenvalue weighted by atomic mass is 32.2. The largest absolute Gasteiger partial charge is 0.354 e. The summed E-state index contributed by atoms with van der Waals surface area (Å²) in [5, 5.41) is 0. The van der Waals surface area contributed by atoms with Crippen LogP contribution < -0.4 is 10.4 Å². The zero-order valence-electron chi connectivity index (χ0n) is 20.5. The van der Waals surface area contributed by atoms with E-state index in [1.54, 1.807) is 47.4 Å². The summed E-state index contributed by atoms with van der Waals surface area (Å²) in [5.41, 5.74) is 1.85. The quantitative estimate of drug-likeness (QED) is 0.200. The standard InChI is InChI=1S/C25H35N3O3S3/c1-5-6-7-8-9-10-11-12-17-32-24-22-23(26-25(29)28(22)19(3)20(4)33-24)27-34(30,31)21-15-13-18(2)14-16-21/h13-16H,5-12,17H2,1-4H3,(H,26,27,29). The third-order valence-corrected chi connectivity index (χ3v) is 9.81. The average molecular weight is 522 g/mol. The SMILES string of the molecule is CCCCCCCCCCSc1sc(C)c(C)n2c(=O)nc(NS(=O)(=O)c3ccc(C)cc3)c1-2. The van der Waals surface area contributed by atoms with Crippen LogP contribution in [0, 0.1) is 20.8 Å². The van der Waals surface area contributed by atoms with Crippen molar-refractivity contribution in [3.8, 4) is 5.69 Å². The zero-order valence-corrected chi connectivity index (χ0v) is 23.0. The number of hydrogen-bond donors (Lipinski definition) is 1. The number of hydrogen-bond acceptors (Lipinski definition) is 6. The molecule has 34 heavy (non-hydrogen) atoms. The molecule has 0 saturated heterocycles. The molecule has 9 heteroatoms. The normalized spacial score (nSPS) is 11.9. The second-order valence-corrected chi connectivity index (χ2v) is 13.0. The van der Waals surface area contributed by atoms with Gasteiger partial charge in [-0.3, -0.25) is 9.29 Å². The maximum absolute atomic E-state index is 13.0. The number of sulfonamides is 1. The lowest BCUT2D eigenvalue weighted by Gasteiger charge is -2.16. The first kappa shape index (κ1) is 26.8. The second-order valence-electron chi connectivity index (χ2n) is 8.70. The van der Waals surface area contributed by atoms with Gasteiger partial charge in [-0.25, -0.2) is 13.2 Å². The number of aryl methyl sites for hydroxylation is 2. The summed E-state index contributed by atoms with van der Waals surface area (Å²) in [6.07, 6.45) is 10.0. The molecule has 1 N–H and O–H groups in total. The smallest absolute Gasteiger partial charge is 0.261 e. The van der Waals surface area contributed by atoms with Gasteiger partial charge in [-0.15, -0.1) is 23.1 Å². The van der Waals surface area contributed by atoms with Crippen molar-refractivity contribution in [3.05, 3.63) is 50.9 Å². The monoisotopic (exact) mass is 521 g/mol. The van der Waals surface area contributed by atoms with Gasteiger partial charge in [-0.2, -0.15) is 4.98 Å². The first-order chi connectivity index (χ1) is 16.2. The molecule has 0 unspecified atom stereocenters. The van der Waals surface area contributed by atoms with Gasteiger partial charge in [0.05, 0.1) is 9.10 Å². The molecule has 3 rings (SSSR count). The first-order valence-corrected chi connectivity index (χ1v) is 15.3. The minimum absolute atomic E-state index is 0.100. The van der Waals surface area contributed by atoms with Crippen LogP contribution in [0.3, 0.4) is 0 Å². The van der Waals surface area contributed by atoms with E-state index in [0.717, 1.165) is 32.5 Å². The van der Waals surface area contributed by atoms with Crippen LogP contribution in [0.2, 0.25) is 0 Å². The molecule has 0 aliphatic carbocycles. The van der Waals surface area contributed by atoms with E-state index in [4.69, 9.17) is 0 Å². The molecule has 0 radical (unpaired) electrons. The van der Waals surface area contributed by atoms with Gasteiger partial charge in [-0.1, -0.05) is 69.6 Å². The molecule has 2 aliphatic heterocycles. The molecule has 0 fully saturated rings. The minimum Gasteiger partial charge on any atom is -0.261 e. The van der Waals surface area contributed by atoms with Crippen LogP contribution >= 0.6 is 23.1 Å². The fourth-order valence-electron chi connectivity index (χ4n) is 3.79. The Balaban J connectivity index is 1.76. The summed E-state index contributed by atoms with van der Waals surface area (Å²) in [4.78, 5) is 18.0. The number of fused-ring (bicyclic) bond motifs is 1. The molecule has 2 aliphatic rings. The van der Waals surface area contributed by atoms with Crippen molar-refractivity contribution >= 4 is 38.9 Å². The number of aromatic nitrogens is 2. The van der Waals surface area contributed by atoms with Crippen molar-refractivity contribution in [2.24, 2.45) is 0 Å². The molecule has 0 amide bonds. The summed E-state index contributed by atoms with van der Waals surface area (Å²) in [7, 11) is -3.86. The van der Waals surface area contributed by atoms with Crippen LogP contribution in [0.5, 0.6) is 0 Å². The molecule has 0 spiro atoms. The highest BCUT2D eigenvalue weighted by Gasteiger charge is 2.26. The summed E-state index contributed by atoms with van der Waals surface area (Å²) in [6.45, 7) is 7.98. The average Bonchev–Trinajstić information content (AvgIpc) is 3.11. The summed E-state index contributed by atoms with van der Waals surface area (Å²) >= 11 is 3.27. The Morgan fingerprint density at radius 2 is 1.59 bits per heavy atom. The third kappa shape index (κ3) is 6.64. The first-order valence-electron chi connectivity index (χ1n) is 12.0. The Morgan fingerprint density at radius 1 is 0.971 bits per heavy atom. The Kier molecular flexibility index (Phi) is 9.62. The number of anilines is 1. The van der Waals surface area contributed by atoms with Crippen molar-refractivity contribution in [1.82, 2.24) is 9.55 Å². The van der Waals surface area contributed by atoms with E-state index >= 15 is 0 Å². The lowest BCUT2D eigenvalue weighted by Crippen LogP contribution is -2.17. The van der Waals surface area contributed by atoms with Crippen molar-refractivity contribution in [1.29, 1.82) is 0 Å². The third-order valence-electron chi connectivity index (χ3n) is 5.92. The van der Waals surface area contributed by atoms with Crippen LogP contribution in [-0.4, -0.2) is 23.7 Å². The highest BCUT2D eigenvalue weighted by Crippen LogP contribution is 2.38. The molecule has 0 saturated carbocycles. The fraction of sp³-hybridized carbons (Fsp3) is 0.520. The molecule has 186 valence electrons. The van der Waals surface area contributed by atoms with Gasteiger partial charge in [0, 0.05) is 10.6 Å². The lowest BCUT2D eigenvalue weighted by molar-refractivity contribution is 0.586. The van der Waals surface area contributed by atoms with Crippen molar-refractivity contribution in [3.63, 3.8) is 0 Å². The van der Waals surface area contributed by atoms with E-state index in [-0.39, 0.29) is 10.7 Å². The topological polar surface area (TPSA) is 81.1 Å². The van der Waals surface area contributed by atoms with E-state index in [1.807, 2.05) is 20.8 Å². The minimum atomic E-state index is -3.86. The Hall–Kier alpha value is -1.84. The van der Waals surface area contributed by atoms with E-state index in [0.29, 0.717) is 5.69 Å². The molecule has 0 aromatic heterocycles. The molecular formula is C25H35N3O3S3. The van der Waals surface area contributed by atoms with Gasteiger partial charge in [0.1, 0.15) is 5.69 Å². The highest BCUT2D eigenvalue weighted by molar-refractivity contribution is 8.01. The number of thioether (sulfide) groups is 1. The van der Waals surface area contributed by atoms with E-state index in [1.165, 1.54) is 49.5 Å². The molecule has 0 bridgehead atoms. The fourth-order valence-corrected chi connectivity index (χ4v) is 7.32. The Bertz CT molecular complexity index is 1210. The maximum atomic E-state index is 13.0. The number of imidazole rings is 1. The van der Waals surface area contributed by atoms with Crippen LogP contribution in [0.1, 0.15) is 74.4 Å². The second kappa shape index (κ2) is 12.2. The summed E-state index contributed by atoms with van der Waals surface area (Å²) in [6, 6.07) is 6.62. The number of benzene rings is 1. The van der Waals surface area contributed by atoms with Gasteiger partial charge in [0.25, 0.3) is 10.0 Å². The van der Waals surface area contributed by atoms with Crippen LogP contribution in [0.25, 0.3) is 5.69 Å². The summed E-state index contributed by atoms with van der Waals surface area (Å²) in [5.74, 6) is 1.02. The molecule has 2 heterocycles. The number of nitrogens with zero attached hydrogens (tertiary/aromatic N) is 2. The van der Waals surface area contributed by atoms with E-state index < -0.39 is 15.7 Å². The van der Waals surface area contributed by atoms with Crippen molar-refractivity contribution < 1.29 is 8.42 Å². The lowest BCUT2D eigenvalue weighted by atomic mass is 10.1. The Labute approximate surface area is 211 Å². The Morgan fingerprint density at radius 3 is 2.24 bits per heavy atom. The molecule has 1 aromatic rings. The van der Waals surface area contributed by atoms with Crippen LogP contribution in [0.4, 0.5) is 5.82 Å². The molecular weight excluding hydrogens is 486 g/mol. The predicted molar refractivity (Wildman–Crippen MR) is 144 cm³/mol. The van der Waals surface area contributed by atoms with Crippen LogP contribution in [-0.2, 0) is 10.0 Å². The van der Waals surface area contributed by atoms with Crippen molar-refractivity contribution in [2.75, 3.05) is 10.5 Å². The van der Waals surface area contributed by atoms with Gasteiger partial charge in [0.15, 0.2) is 5.82 Å². The molecule has 0 atom stereocenters. The van der Waals surface area contributed by atoms with E-state index in [9.17, 15) is 13.2 Å². The number of nitrogens with one attached hydrogen (secondary N) is 1. The predicted octanol–water partition coefficient (Wildman–Crippen LogP) is 6.69. The molecule has 6 nitrogen and oxygen atoms in total. The van der Waals surface area contributed by atoms with Gasteiger partial charge in [0.2, 0.25) is 0 Å².